The lowest BCUT2D eigenvalue weighted by molar-refractivity contribution is -0.120. The lowest BCUT2D eigenvalue weighted by Gasteiger charge is -2.22. The Morgan fingerprint density at radius 3 is 2.84 bits per heavy atom. The number of aromatic nitrogens is 4. The lowest BCUT2D eigenvalue weighted by atomic mass is 9.89. The van der Waals surface area contributed by atoms with Crippen LogP contribution in [-0.4, -0.2) is 37.9 Å². The highest BCUT2D eigenvalue weighted by atomic mass is 32.2. The van der Waals surface area contributed by atoms with Gasteiger partial charge in [0.2, 0.25) is 11.1 Å². The quantitative estimate of drug-likeness (QED) is 0.827. The van der Waals surface area contributed by atoms with E-state index in [2.05, 4.69) is 20.8 Å². The van der Waals surface area contributed by atoms with E-state index in [9.17, 15) is 4.79 Å². The van der Waals surface area contributed by atoms with Crippen molar-refractivity contribution in [2.24, 2.45) is 13.0 Å². The van der Waals surface area contributed by atoms with Gasteiger partial charge in [-0.15, -0.1) is 5.10 Å². The summed E-state index contributed by atoms with van der Waals surface area (Å²) in [6.45, 7) is 2.69. The molecule has 0 bridgehead atoms. The first-order valence-corrected chi connectivity index (χ1v) is 7.71. The number of rotatable bonds is 5. The maximum absolute atomic E-state index is 12.0. The van der Waals surface area contributed by atoms with Gasteiger partial charge < -0.3 is 5.32 Å². The molecule has 1 aliphatic carbocycles. The zero-order valence-electron chi connectivity index (χ0n) is 11.5. The highest BCUT2D eigenvalue weighted by Gasteiger charge is 2.19. The Bertz CT molecular complexity index is 416. The summed E-state index contributed by atoms with van der Waals surface area (Å²) >= 11 is 1.39. The first-order valence-electron chi connectivity index (χ1n) is 6.83. The summed E-state index contributed by atoms with van der Waals surface area (Å²) in [4.78, 5) is 12.0. The largest absolute Gasteiger partial charge is 0.355 e. The molecule has 1 aromatic rings. The summed E-state index contributed by atoms with van der Waals surface area (Å²) in [5.74, 6) is 0.727. The number of aryl methyl sites for hydroxylation is 1. The van der Waals surface area contributed by atoms with Crippen LogP contribution >= 0.6 is 11.8 Å². The van der Waals surface area contributed by atoms with Crippen LogP contribution in [-0.2, 0) is 11.8 Å². The fraction of sp³-hybridized carbons (Fsp3) is 0.833. The van der Waals surface area contributed by atoms with Gasteiger partial charge in [0.15, 0.2) is 0 Å². The summed E-state index contributed by atoms with van der Waals surface area (Å²) in [6, 6.07) is 0. The van der Waals surface area contributed by atoms with E-state index in [1.54, 1.807) is 11.7 Å². The van der Waals surface area contributed by atoms with E-state index in [1.165, 1.54) is 43.9 Å². The standard InChI is InChI=1S/C12H21N5OS/c1-9(19-12-14-15-16-17(12)2)11(18)13-8-10-6-4-3-5-7-10/h9-10H,3-8H2,1-2H3,(H,13,18)/t9-/m0/s1. The van der Waals surface area contributed by atoms with E-state index >= 15 is 0 Å². The summed E-state index contributed by atoms with van der Waals surface area (Å²) in [6.07, 6.45) is 6.44. The highest BCUT2D eigenvalue weighted by molar-refractivity contribution is 8.00. The molecule has 1 amide bonds. The normalized spacial score (nSPS) is 18.2. The fourth-order valence-electron chi connectivity index (χ4n) is 2.31. The predicted molar refractivity (Wildman–Crippen MR) is 73.7 cm³/mol. The molecule has 1 heterocycles. The van der Waals surface area contributed by atoms with Crippen LogP contribution in [0.3, 0.4) is 0 Å². The van der Waals surface area contributed by atoms with Gasteiger partial charge in [-0.2, -0.15) is 0 Å². The van der Waals surface area contributed by atoms with Crippen LogP contribution in [0.1, 0.15) is 39.0 Å². The molecule has 1 fully saturated rings. The Morgan fingerprint density at radius 2 is 2.21 bits per heavy atom. The number of carbonyl (C=O) groups is 1. The van der Waals surface area contributed by atoms with Crippen molar-refractivity contribution in [2.45, 2.75) is 49.4 Å². The van der Waals surface area contributed by atoms with Gasteiger partial charge >= 0.3 is 0 Å². The Labute approximate surface area is 117 Å². The van der Waals surface area contributed by atoms with Gasteiger partial charge in [-0.3, -0.25) is 4.79 Å². The monoisotopic (exact) mass is 283 g/mol. The third-order valence-electron chi connectivity index (χ3n) is 3.52. The topological polar surface area (TPSA) is 72.7 Å². The molecule has 1 N–H and O–H groups in total. The van der Waals surface area contributed by atoms with Crippen molar-refractivity contribution in [3.05, 3.63) is 0 Å². The van der Waals surface area contributed by atoms with Crippen molar-refractivity contribution < 1.29 is 4.79 Å². The number of thioether (sulfide) groups is 1. The third-order valence-corrected chi connectivity index (χ3v) is 4.65. The van der Waals surface area contributed by atoms with Crippen LogP contribution in [0.2, 0.25) is 0 Å². The Morgan fingerprint density at radius 1 is 1.47 bits per heavy atom. The molecule has 7 heteroatoms. The number of nitrogens with one attached hydrogen (secondary N) is 1. The molecule has 0 saturated heterocycles. The van der Waals surface area contributed by atoms with Crippen LogP contribution in [0.15, 0.2) is 5.16 Å². The molecular formula is C12H21N5OS. The van der Waals surface area contributed by atoms with Crippen LogP contribution in [0.4, 0.5) is 0 Å². The summed E-state index contributed by atoms with van der Waals surface area (Å²) in [7, 11) is 1.77. The third kappa shape index (κ3) is 4.19. The summed E-state index contributed by atoms with van der Waals surface area (Å²) in [5, 5.41) is 14.7. The molecule has 6 nitrogen and oxygen atoms in total. The smallest absolute Gasteiger partial charge is 0.233 e. The van der Waals surface area contributed by atoms with Crippen molar-refractivity contribution >= 4 is 17.7 Å². The first kappa shape index (κ1) is 14.3. The molecule has 106 valence electrons. The number of hydrogen-bond acceptors (Lipinski definition) is 5. The molecule has 0 aromatic carbocycles. The molecule has 2 rings (SSSR count). The Hall–Kier alpha value is -1.11. The van der Waals surface area contributed by atoms with Gasteiger partial charge in [-0.25, -0.2) is 4.68 Å². The maximum atomic E-state index is 12.0. The molecule has 0 radical (unpaired) electrons. The van der Waals surface area contributed by atoms with Crippen molar-refractivity contribution in [3.63, 3.8) is 0 Å². The van der Waals surface area contributed by atoms with Crippen LogP contribution < -0.4 is 5.32 Å². The van der Waals surface area contributed by atoms with Gasteiger partial charge in [-0.05, 0) is 36.1 Å². The van der Waals surface area contributed by atoms with E-state index < -0.39 is 0 Å². The minimum atomic E-state index is -0.173. The van der Waals surface area contributed by atoms with Crippen molar-refractivity contribution in [3.8, 4) is 0 Å². The van der Waals surface area contributed by atoms with Crippen LogP contribution in [0.25, 0.3) is 0 Å². The summed E-state index contributed by atoms with van der Waals surface area (Å²) in [5.41, 5.74) is 0. The maximum Gasteiger partial charge on any atom is 0.233 e. The van der Waals surface area contributed by atoms with Gasteiger partial charge in [0.25, 0.3) is 0 Å². The fourth-order valence-corrected chi connectivity index (χ4v) is 3.09. The Kier molecular flexibility index (Phi) is 5.18. The lowest BCUT2D eigenvalue weighted by Crippen LogP contribution is -2.35. The molecular weight excluding hydrogens is 262 g/mol. The van der Waals surface area contributed by atoms with Crippen LogP contribution in [0, 0.1) is 5.92 Å². The molecule has 0 spiro atoms. The van der Waals surface area contributed by atoms with E-state index in [0.29, 0.717) is 11.1 Å². The first-order chi connectivity index (χ1) is 9.16. The molecule has 1 aromatic heterocycles. The molecule has 1 aliphatic rings. The zero-order chi connectivity index (χ0) is 13.7. The molecule has 0 aliphatic heterocycles. The Balaban J connectivity index is 1.74. The average molecular weight is 283 g/mol. The molecule has 0 unspecified atom stereocenters. The van der Waals surface area contributed by atoms with Crippen LogP contribution in [0.5, 0.6) is 0 Å². The number of amides is 1. The second kappa shape index (κ2) is 6.88. The molecule has 19 heavy (non-hydrogen) atoms. The minimum Gasteiger partial charge on any atom is -0.355 e. The predicted octanol–water partition coefficient (Wildman–Crippen LogP) is 1.39. The van der Waals surface area contributed by atoms with Crippen molar-refractivity contribution in [2.75, 3.05) is 6.54 Å². The molecule has 1 atom stereocenters. The van der Waals surface area contributed by atoms with Gasteiger partial charge in [-0.1, -0.05) is 31.0 Å². The van der Waals surface area contributed by atoms with E-state index in [4.69, 9.17) is 0 Å². The van der Waals surface area contributed by atoms with Crippen molar-refractivity contribution in [1.82, 2.24) is 25.5 Å². The number of tetrazole rings is 1. The average Bonchev–Trinajstić information content (AvgIpc) is 2.82. The second-order valence-electron chi connectivity index (χ2n) is 5.09. The van der Waals surface area contributed by atoms with Gasteiger partial charge in [0.1, 0.15) is 0 Å². The van der Waals surface area contributed by atoms with Gasteiger partial charge in [0.05, 0.1) is 5.25 Å². The van der Waals surface area contributed by atoms with Crippen molar-refractivity contribution in [1.29, 1.82) is 0 Å². The van der Waals surface area contributed by atoms with E-state index in [1.807, 2.05) is 6.92 Å². The van der Waals surface area contributed by atoms with Gasteiger partial charge in [0, 0.05) is 13.6 Å². The van der Waals surface area contributed by atoms with E-state index in [0.717, 1.165) is 6.54 Å². The van der Waals surface area contributed by atoms with E-state index in [-0.39, 0.29) is 11.2 Å². The highest BCUT2D eigenvalue weighted by Crippen LogP contribution is 2.23. The summed E-state index contributed by atoms with van der Waals surface area (Å²) < 4.78 is 1.58. The number of hydrogen-bond donors (Lipinski definition) is 1. The SMILES string of the molecule is C[C@H](Sc1nnnn1C)C(=O)NCC1CCCCC1. The molecule has 1 saturated carbocycles. The second-order valence-corrected chi connectivity index (χ2v) is 6.40. The minimum absolute atomic E-state index is 0.0681. The number of nitrogens with zero attached hydrogens (tertiary/aromatic N) is 4. The zero-order valence-corrected chi connectivity index (χ0v) is 12.3. The number of carbonyl (C=O) groups excluding carboxylic acids is 1.